The Hall–Kier alpha value is -1.14. The van der Waals surface area contributed by atoms with E-state index < -0.39 is 11.4 Å². The highest BCUT2D eigenvalue weighted by molar-refractivity contribution is 5.79. The Morgan fingerprint density at radius 3 is 2.65 bits per heavy atom. The van der Waals surface area contributed by atoms with Crippen LogP contribution < -0.4 is 0 Å². The second-order valence-electron chi connectivity index (χ2n) is 5.52. The maximum absolute atomic E-state index is 12.2. The number of carboxylic acids is 1. The normalized spacial score (nSPS) is 24.4. The van der Waals surface area contributed by atoms with E-state index in [-0.39, 0.29) is 25.2 Å². The van der Waals surface area contributed by atoms with E-state index in [0.29, 0.717) is 32.2 Å². The number of nitrogens with zero attached hydrogens (tertiary/aromatic N) is 1. The molecule has 0 bridgehead atoms. The van der Waals surface area contributed by atoms with Crippen LogP contribution in [0.25, 0.3) is 0 Å². The van der Waals surface area contributed by atoms with E-state index in [1.807, 2.05) is 6.92 Å². The van der Waals surface area contributed by atoms with Crippen LogP contribution in [0.2, 0.25) is 0 Å². The lowest BCUT2D eigenvalue weighted by Gasteiger charge is -2.39. The SMILES string of the molecule is COCC1(C(=O)O)CCCN(C(=O)CCC(C)OC)C1. The van der Waals surface area contributed by atoms with Gasteiger partial charge in [0.1, 0.15) is 5.41 Å². The predicted octanol–water partition coefficient (Wildman–Crippen LogP) is 1.14. The number of hydrogen-bond acceptors (Lipinski definition) is 4. The zero-order chi connectivity index (χ0) is 15.2. The van der Waals surface area contributed by atoms with Crippen molar-refractivity contribution in [1.82, 2.24) is 4.90 Å². The third kappa shape index (κ3) is 4.18. The van der Waals surface area contributed by atoms with Gasteiger partial charge in [-0.2, -0.15) is 0 Å². The summed E-state index contributed by atoms with van der Waals surface area (Å²) >= 11 is 0. The van der Waals surface area contributed by atoms with Crippen LogP contribution in [0.1, 0.15) is 32.6 Å². The minimum atomic E-state index is -0.963. The number of methoxy groups -OCH3 is 2. The number of carbonyl (C=O) groups excluding carboxylic acids is 1. The van der Waals surface area contributed by atoms with Crippen LogP contribution in [0.3, 0.4) is 0 Å². The van der Waals surface area contributed by atoms with E-state index in [1.165, 1.54) is 7.11 Å². The summed E-state index contributed by atoms with van der Waals surface area (Å²) in [5.41, 5.74) is -0.963. The third-order valence-electron chi connectivity index (χ3n) is 3.97. The Kier molecular flexibility index (Phi) is 6.42. The second kappa shape index (κ2) is 7.59. The maximum atomic E-state index is 12.2. The molecule has 1 amide bonds. The number of piperidine rings is 1. The lowest BCUT2D eigenvalue weighted by Crippen LogP contribution is -2.52. The first kappa shape index (κ1) is 16.9. The molecule has 1 aliphatic heterocycles. The highest BCUT2D eigenvalue weighted by atomic mass is 16.5. The van der Waals surface area contributed by atoms with Crippen LogP contribution in [-0.2, 0) is 19.1 Å². The van der Waals surface area contributed by atoms with Gasteiger partial charge in [-0.3, -0.25) is 9.59 Å². The van der Waals surface area contributed by atoms with Crippen molar-refractivity contribution in [2.24, 2.45) is 5.41 Å². The van der Waals surface area contributed by atoms with Crippen LogP contribution in [-0.4, -0.2) is 61.9 Å². The van der Waals surface area contributed by atoms with Crippen molar-refractivity contribution in [1.29, 1.82) is 0 Å². The van der Waals surface area contributed by atoms with Gasteiger partial charge < -0.3 is 19.5 Å². The lowest BCUT2D eigenvalue weighted by atomic mass is 9.80. The summed E-state index contributed by atoms with van der Waals surface area (Å²) in [5, 5.41) is 9.44. The van der Waals surface area contributed by atoms with Crippen LogP contribution in [0.15, 0.2) is 0 Å². The average molecular weight is 287 g/mol. The fourth-order valence-corrected chi connectivity index (χ4v) is 2.58. The van der Waals surface area contributed by atoms with Gasteiger partial charge in [0, 0.05) is 33.7 Å². The molecule has 1 aliphatic rings. The Bertz CT molecular complexity index is 342. The van der Waals surface area contributed by atoms with Crippen molar-refractivity contribution in [3.05, 3.63) is 0 Å². The summed E-state index contributed by atoms with van der Waals surface area (Å²) < 4.78 is 10.2. The third-order valence-corrected chi connectivity index (χ3v) is 3.97. The van der Waals surface area contributed by atoms with Crippen molar-refractivity contribution in [2.75, 3.05) is 33.9 Å². The van der Waals surface area contributed by atoms with E-state index in [4.69, 9.17) is 9.47 Å². The zero-order valence-corrected chi connectivity index (χ0v) is 12.6. The van der Waals surface area contributed by atoms with Crippen molar-refractivity contribution >= 4 is 11.9 Å². The molecule has 6 nitrogen and oxygen atoms in total. The minimum absolute atomic E-state index is 0.00433. The van der Waals surface area contributed by atoms with Gasteiger partial charge in [0.15, 0.2) is 0 Å². The first-order valence-electron chi connectivity index (χ1n) is 6.98. The Balaban J connectivity index is 2.63. The maximum Gasteiger partial charge on any atom is 0.313 e. The molecule has 0 aromatic carbocycles. The number of ether oxygens (including phenoxy) is 2. The monoisotopic (exact) mass is 287 g/mol. The van der Waals surface area contributed by atoms with Crippen LogP contribution in [0.5, 0.6) is 0 Å². The molecule has 0 aliphatic carbocycles. The van der Waals surface area contributed by atoms with Crippen molar-refractivity contribution < 1.29 is 24.2 Å². The van der Waals surface area contributed by atoms with E-state index in [0.717, 1.165) is 0 Å². The van der Waals surface area contributed by atoms with Gasteiger partial charge in [-0.15, -0.1) is 0 Å². The summed E-state index contributed by atoms with van der Waals surface area (Å²) in [6.07, 6.45) is 2.32. The molecular formula is C14H25NO5. The zero-order valence-electron chi connectivity index (χ0n) is 12.6. The highest BCUT2D eigenvalue weighted by Crippen LogP contribution is 2.31. The fraction of sp³-hybridized carbons (Fsp3) is 0.857. The molecule has 1 saturated heterocycles. The molecule has 2 atom stereocenters. The van der Waals surface area contributed by atoms with Crippen molar-refractivity contribution in [3.63, 3.8) is 0 Å². The Morgan fingerprint density at radius 1 is 1.40 bits per heavy atom. The number of carboxylic acid groups (broad SMARTS) is 1. The molecule has 0 saturated carbocycles. The molecule has 0 radical (unpaired) electrons. The molecule has 6 heteroatoms. The Morgan fingerprint density at radius 2 is 2.10 bits per heavy atom. The first-order chi connectivity index (χ1) is 9.45. The van der Waals surface area contributed by atoms with Gasteiger partial charge in [-0.25, -0.2) is 0 Å². The quantitative estimate of drug-likeness (QED) is 0.760. The van der Waals surface area contributed by atoms with Gasteiger partial charge in [0.2, 0.25) is 5.91 Å². The smallest absolute Gasteiger partial charge is 0.313 e. The van der Waals surface area contributed by atoms with Gasteiger partial charge in [0.25, 0.3) is 0 Å². The van der Waals surface area contributed by atoms with Gasteiger partial charge in [-0.05, 0) is 26.2 Å². The molecule has 1 fully saturated rings. The lowest BCUT2D eigenvalue weighted by molar-refractivity contribution is -0.159. The van der Waals surface area contributed by atoms with E-state index >= 15 is 0 Å². The molecule has 0 spiro atoms. The number of aliphatic carboxylic acids is 1. The van der Waals surface area contributed by atoms with E-state index in [2.05, 4.69) is 0 Å². The fourth-order valence-electron chi connectivity index (χ4n) is 2.58. The highest BCUT2D eigenvalue weighted by Gasteiger charge is 2.43. The number of carbonyl (C=O) groups is 2. The Labute approximate surface area is 120 Å². The summed E-state index contributed by atoms with van der Waals surface area (Å²) in [6, 6.07) is 0. The van der Waals surface area contributed by atoms with Crippen LogP contribution >= 0.6 is 0 Å². The summed E-state index contributed by atoms with van der Waals surface area (Å²) in [5.74, 6) is -0.891. The van der Waals surface area contributed by atoms with Crippen LogP contribution in [0, 0.1) is 5.41 Å². The number of amides is 1. The molecular weight excluding hydrogens is 262 g/mol. The number of rotatable bonds is 7. The predicted molar refractivity (Wildman–Crippen MR) is 73.5 cm³/mol. The molecule has 1 heterocycles. The topological polar surface area (TPSA) is 76.1 Å². The van der Waals surface area contributed by atoms with Gasteiger partial charge in [-0.1, -0.05) is 0 Å². The van der Waals surface area contributed by atoms with Gasteiger partial charge >= 0.3 is 5.97 Å². The average Bonchev–Trinajstić information content (AvgIpc) is 2.44. The molecule has 116 valence electrons. The van der Waals surface area contributed by atoms with Crippen LogP contribution in [0.4, 0.5) is 0 Å². The summed E-state index contributed by atoms with van der Waals surface area (Å²) in [6.45, 7) is 2.91. The van der Waals surface area contributed by atoms with E-state index in [9.17, 15) is 14.7 Å². The summed E-state index contributed by atoms with van der Waals surface area (Å²) in [7, 11) is 3.11. The van der Waals surface area contributed by atoms with Crippen molar-refractivity contribution in [3.8, 4) is 0 Å². The molecule has 0 aromatic rings. The standard InChI is InChI=1S/C14H25NO5/c1-11(20-3)5-6-12(16)15-8-4-7-14(9-15,10-19-2)13(17)18/h11H,4-10H2,1-3H3,(H,17,18). The number of likely N-dealkylation sites (tertiary alicyclic amines) is 1. The van der Waals surface area contributed by atoms with E-state index in [1.54, 1.807) is 12.0 Å². The minimum Gasteiger partial charge on any atom is -0.481 e. The van der Waals surface area contributed by atoms with Crippen molar-refractivity contribution in [2.45, 2.75) is 38.7 Å². The second-order valence-corrected chi connectivity index (χ2v) is 5.52. The number of hydrogen-bond donors (Lipinski definition) is 1. The largest absolute Gasteiger partial charge is 0.481 e. The molecule has 2 unspecified atom stereocenters. The molecule has 0 aromatic heterocycles. The molecule has 1 rings (SSSR count). The molecule has 20 heavy (non-hydrogen) atoms. The molecule has 1 N–H and O–H groups in total. The first-order valence-corrected chi connectivity index (χ1v) is 6.98. The summed E-state index contributed by atoms with van der Waals surface area (Å²) in [4.78, 5) is 25.3. The van der Waals surface area contributed by atoms with Gasteiger partial charge in [0.05, 0.1) is 12.7 Å².